The Hall–Kier alpha value is -2.07. The number of hydrogen-bond acceptors (Lipinski definition) is 3. The summed E-state index contributed by atoms with van der Waals surface area (Å²) in [6.45, 7) is 7.54. The molecule has 1 aromatic heterocycles. The molecule has 2 aromatic rings. The van der Waals surface area contributed by atoms with Crippen LogP contribution in [0.4, 0.5) is 0 Å². The molecule has 1 N–H and O–H groups in total. The van der Waals surface area contributed by atoms with Gasteiger partial charge >= 0.3 is 5.97 Å². The molecule has 4 nitrogen and oxygen atoms in total. The van der Waals surface area contributed by atoms with Crippen molar-refractivity contribution in [3.63, 3.8) is 0 Å². The summed E-state index contributed by atoms with van der Waals surface area (Å²) in [5.74, 6) is -0.303. The molecule has 4 heteroatoms. The van der Waals surface area contributed by atoms with Crippen LogP contribution in [0.15, 0.2) is 30.3 Å². The van der Waals surface area contributed by atoms with Crippen molar-refractivity contribution in [2.75, 3.05) is 6.61 Å². The number of esters is 1. The summed E-state index contributed by atoms with van der Waals surface area (Å²) in [6.07, 6.45) is 1.66. The lowest BCUT2D eigenvalue weighted by molar-refractivity contribution is 0.0464. The highest BCUT2D eigenvalue weighted by atomic mass is 16.5. The second-order valence-electron chi connectivity index (χ2n) is 5.34. The van der Waals surface area contributed by atoms with Gasteiger partial charge in [0.1, 0.15) is 12.3 Å². The zero-order chi connectivity index (χ0) is 16.7. The number of benzene rings is 1. The molecule has 0 aliphatic carbocycles. The van der Waals surface area contributed by atoms with Gasteiger partial charge in [-0.05, 0) is 36.5 Å². The largest absolute Gasteiger partial charge is 0.456 e. The van der Waals surface area contributed by atoms with Crippen molar-refractivity contribution in [1.82, 2.24) is 4.98 Å². The van der Waals surface area contributed by atoms with Crippen LogP contribution in [-0.4, -0.2) is 17.6 Å². The molecule has 2 rings (SSSR count). The van der Waals surface area contributed by atoms with Crippen LogP contribution in [-0.2, 0) is 35.5 Å². The molecule has 1 aromatic carbocycles. The summed E-state index contributed by atoms with van der Waals surface area (Å²) < 4.78 is 11.0. The Morgan fingerprint density at radius 3 is 2.30 bits per heavy atom. The molecular formula is C19H25NO3. The van der Waals surface area contributed by atoms with E-state index >= 15 is 0 Å². The highest BCUT2D eigenvalue weighted by molar-refractivity contribution is 5.90. The van der Waals surface area contributed by atoms with Crippen LogP contribution in [0.5, 0.6) is 0 Å². The summed E-state index contributed by atoms with van der Waals surface area (Å²) in [5.41, 5.74) is 4.75. The highest BCUT2D eigenvalue weighted by Crippen LogP contribution is 2.23. The van der Waals surface area contributed by atoms with Crippen molar-refractivity contribution in [2.24, 2.45) is 0 Å². The van der Waals surface area contributed by atoms with Crippen LogP contribution in [0.2, 0.25) is 0 Å². The van der Waals surface area contributed by atoms with E-state index in [9.17, 15) is 4.79 Å². The number of carbonyl (C=O) groups excluding carboxylic acids is 1. The molecule has 0 bridgehead atoms. The minimum atomic E-state index is -0.303. The SMILES string of the molecule is CCOCc1[nH]c(C(=O)OCc2ccccc2)c(CC)c1CC. The maximum atomic E-state index is 12.5. The molecular weight excluding hydrogens is 290 g/mol. The lowest BCUT2D eigenvalue weighted by atomic mass is 10.0. The van der Waals surface area contributed by atoms with Crippen LogP contribution >= 0.6 is 0 Å². The summed E-state index contributed by atoms with van der Waals surface area (Å²) in [5, 5.41) is 0. The zero-order valence-corrected chi connectivity index (χ0v) is 14.1. The normalized spacial score (nSPS) is 10.7. The maximum Gasteiger partial charge on any atom is 0.355 e. The number of hydrogen-bond donors (Lipinski definition) is 1. The second kappa shape index (κ2) is 8.53. The van der Waals surface area contributed by atoms with Crippen LogP contribution in [0.25, 0.3) is 0 Å². The topological polar surface area (TPSA) is 51.3 Å². The van der Waals surface area contributed by atoms with E-state index in [0.29, 0.717) is 18.9 Å². The lowest BCUT2D eigenvalue weighted by Crippen LogP contribution is -2.08. The first-order chi connectivity index (χ1) is 11.2. The molecule has 1 heterocycles. The fraction of sp³-hybridized carbons (Fsp3) is 0.421. The minimum absolute atomic E-state index is 0.282. The number of ether oxygens (including phenoxy) is 2. The van der Waals surface area contributed by atoms with Gasteiger partial charge in [0.05, 0.1) is 6.61 Å². The first kappa shape index (κ1) is 17.3. The Labute approximate surface area is 137 Å². The third kappa shape index (κ3) is 4.23. The highest BCUT2D eigenvalue weighted by Gasteiger charge is 2.21. The number of nitrogens with one attached hydrogen (secondary N) is 1. The monoisotopic (exact) mass is 315 g/mol. The van der Waals surface area contributed by atoms with Crippen molar-refractivity contribution in [3.8, 4) is 0 Å². The molecule has 0 spiro atoms. The van der Waals surface area contributed by atoms with Gasteiger partial charge in [-0.15, -0.1) is 0 Å². The Balaban J connectivity index is 2.16. The predicted molar refractivity (Wildman–Crippen MR) is 90.4 cm³/mol. The van der Waals surface area contributed by atoms with Gasteiger partial charge in [-0.25, -0.2) is 4.79 Å². The fourth-order valence-corrected chi connectivity index (χ4v) is 2.75. The second-order valence-corrected chi connectivity index (χ2v) is 5.34. The van der Waals surface area contributed by atoms with Gasteiger partial charge in [0.2, 0.25) is 0 Å². The molecule has 0 saturated heterocycles. The molecule has 0 saturated carbocycles. The molecule has 0 unspecified atom stereocenters. The van der Waals surface area contributed by atoms with Crippen LogP contribution < -0.4 is 0 Å². The lowest BCUT2D eigenvalue weighted by Gasteiger charge is -2.06. The number of H-pyrrole nitrogens is 1. The Bertz CT molecular complexity index is 632. The number of rotatable bonds is 8. The van der Waals surface area contributed by atoms with Gasteiger partial charge in [0.25, 0.3) is 0 Å². The predicted octanol–water partition coefficient (Wildman–Crippen LogP) is 4.03. The molecule has 23 heavy (non-hydrogen) atoms. The first-order valence-electron chi connectivity index (χ1n) is 8.22. The van der Waals surface area contributed by atoms with E-state index in [-0.39, 0.29) is 12.6 Å². The molecule has 0 radical (unpaired) electrons. The van der Waals surface area contributed by atoms with Crippen LogP contribution in [0.3, 0.4) is 0 Å². The molecule has 0 atom stereocenters. The van der Waals surface area contributed by atoms with E-state index in [4.69, 9.17) is 9.47 Å². The molecule has 0 amide bonds. The number of carbonyl (C=O) groups is 1. The maximum absolute atomic E-state index is 12.5. The van der Waals surface area contributed by atoms with E-state index in [1.54, 1.807) is 0 Å². The van der Waals surface area contributed by atoms with Crippen molar-refractivity contribution >= 4 is 5.97 Å². The van der Waals surface area contributed by atoms with Crippen molar-refractivity contribution in [1.29, 1.82) is 0 Å². The molecule has 0 fully saturated rings. The average Bonchev–Trinajstić information content (AvgIpc) is 2.96. The summed E-state index contributed by atoms with van der Waals surface area (Å²) in [4.78, 5) is 15.7. The third-order valence-corrected chi connectivity index (χ3v) is 3.88. The van der Waals surface area contributed by atoms with Gasteiger partial charge in [0, 0.05) is 12.3 Å². The van der Waals surface area contributed by atoms with Crippen molar-refractivity contribution in [2.45, 2.75) is 46.8 Å². The van der Waals surface area contributed by atoms with E-state index < -0.39 is 0 Å². The average molecular weight is 315 g/mol. The zero-order valence-electron chi connectivity index (χ0n) is 14.1. The smallest absolute Gasteiger partial charge is 0.355 e. The fourth-order valence-electron chi connectivity index (χ4n) is 2.75. The van der Waals surface area contributed by atoms with E-state index in [2.05, 4.69) is 18.8 Å². The molecule has 0 aliphatic heterocycles. The third-order valence-electron chi connectivity index (χ3n) is 3.88. The van der Waals surface area contributed by atoms with Crippen LogP contribution in [0, 0.1) is 0 Å². The first-order valence-corrected chi connectivity index (χ1v) is 8.22. The van der Waals surface area contributed by atoms with Crippen LogP contribution in [0.1, 0.15) is 53.6 Å². The van der Waals surface area contributed by atoms with Gasteiger partial charge in [-0.3, -0.25) is 0 Å². The Morgan fingerprint density at radius 2 is 1.70 bits per heavy atom. The summed E-state index contributed by atoms with van der Waals surface area (Å²) >= 11 is 0. The summed E-state index contributed by atoms with van der Waals surface area (Å²) in [6, 6.07) is 9.70. The molecule has 0 aliphatic rings. The quantitative estimate of drug-likeness (QED) is 0.748. The van der Waals surface area contributed by atoms with Gasteiger partial charge in [-0.2, -0.15) is 0 Å². The Morgan fingerprint density at radius 1 is 1.00 bits per heavy atom. The van der Waals surface area contributed by atoms with E-state index in [1.165, 1.54) is 5.56 Å². The van der Waals surface area contributed by atoms with E-state index in [0.717, 1.165) is 29.7 Å². The van der Waals surface area contributed by atoms with Gasteiger partial charge < -0.3 is 14.5 Å². The van der Waals surface area contributed by atoms with Crippen molar-refractivity contribution in [3.05, 3.63) is 58.4 Å². The van der Waals surface area contributed by atoms with E-state index in [1.807, 2.05) is 37.3 Å². The number of aromatic amines is 1. The van der Waals surface area contributed by atoms with Gasteiger partial charge in [0.15, 0.2) is 0 Å². The standard InChI is InChI=1S/C19H25NO3/c1-4-15-16(5-2)18(20-17(15)13-22-6-3)19(21)23-12-14-10-8-7-9-11-14/h7-11,20H,4-6,12-13H2,1-3H3. The Kier molecular flexibility index (Phi) is 6.41. The minimum Gasteiger partial charge on any atom is -0.456 e. The molecule has 124 valence electrons. The summed E-state index contributed by atoms with van der Waals surface area (Å²) in [7, 11) is 0. The number of aromatic nitrogens is 1. The van der Waals surface area contributed by atoms with Crippen molar-refractivity contribution < 1.29 is 14.3 Å². The van der Waals surface area contributed by atoms with Gasteiger partial charge in [-0.1, -0.05) is 44.2 Å².